The van der Waals surface area contributed by atoms with Crippen LogP contribution < -0.4 is 10.0 Å². The maximum Gasteiger partial charge on any atom is 0.242 e. The maximum absolute atomic E-state index is 12.2. The van der Waals surface area contributed by atoms with Gasteiger partial charge in [0.2, 0.25) is 10.0 Å². The average Bonchev–Trinajstić information content (AvgIpc) is 2.83. The topological polar surface area (TPSA) is 80.3 Å². The number of pyridine rings is 1. The third kappa shape index (κ3) is 3.68. The van der Waals surface area contributed by atoms with E-state index in [-0.39, 0.29) is 16.9 Å². The van der Waals surface area contributed by atoms with Crippen molar-refractivity contribution in [2.24, 2.45) is 5.92 Å². The largest absolute Gasteiger partial charge is 0.378 e. The van der Waals surface area contributed by atoms with E-state index in [0.717, 1.165) is 13.0 Å². The number of aromatic nitrogens is 1. The third-order valence-electron chi connectivity index (χ3n) is 3.47. The zero-order valence-corrected chi connectivity index (χ0v) is 12.6. The van der Waals surface area contributed by atoms with Gasteiger partial charge in [0, 0.05) is 31.8 Å². The normalized spacial score (nSPS) is 22.9. The van der Waals surface area contributed by atoms with Crippen molar-refractivity contribution in [3.05, 3.63) is 18.3 Å². The van der Waals surface area contributed by atoms with Gasteiger partial charge in [-0.25, -0.2) is 18.1 Å². The van der Waals surface area contributed by atoms with Crippen molar-refractivity contribution in [3.8, 4) is 0 Å². The third-order valence-corrected chi connectivity index (χ3v) is 4.88. The van der Waals surface area contributed by atoms with Crippen LogP contribution in [0.1, 0.15) is 20.3 Å². The molecule has 20 heavy (non-hydrogen) atoms. The fourth-order valence-corrected chi connectivity index (χ4v) is 3.21. The van der Waals surface area contributed by atoms with E-state index >= 15 is 0 Å². The van der Waals surface area contributed by atoms with Crippen molar-refractivity contribution in [3.63, 3.8) is 0 Å². The zero-order valence-electron chi connectivity index (χ0n) is 11.8. The smallest absolute Gasteiger partial charge is 0.242 e. The van der Waals surface area contributed by atoms with E-state index in [1.165, 1.54) is 6.20 Å². The van der Waals surface area contributed by atoms with Crippen LogP contribution in [0.3, 0.4) is 0 Å². The number of hydrogen-bond acceptors (Lipinski definition) is 5. The zero-order chi connectivity index (χ0) is 14.6. The van der Waals surface area contributed by atoms with Crippen LogP contribution in [-0.2, 0) is 14.8 Å². The van der Waals surface area contributed by atoms with Crippen molar-refractivity contribution in [1.82, 2.24) is 9.71 Å². The molecule has 1 fully saturated rings. The molecule has 7 heteroatoms. The molecular formula is C13H21N3O3S. The lowest BCUT2D eigenvalue weighted by Crippen LogP contribution is -2.32. The first-order valence-corrected chi connectivity index (χ1v) is 8.32. The molecule has 1 aromatic heterocycles. The van der Waals surface area contributed by atoms with E-state index < -0.39 is 10.0 Å². The summed E-state index contributed by atoms with van der Waals surface area (Å²) in [7, 11) is -3.50. The van der Waals surface area contributed by atoms with Gasteiger partial charge in [-0.2, -0.15) is 0 Å². The number of hydrogen-bond donors (Lipinski definition) is 2. The Morgan fingerprint density at radius 3 is 2.80 bits per heavy atom. The summed E-state index contributed by atoms with van der Waals surface area (Å²) in [5.74, 6) is 0.906. The molecule has 0 saturated carbocycles. The van der Waals surface area contributed by atoms with Gasteiger partial charge in [-0.15, -0.1) is 0 Å². The van der Waals surface area contributed by atoms with Crippen molar-refractivity contribution < 1.29 is 13.2 Å². The molecule has 0 amide bonds. The van der Waals surface area contributed by atoms with E-state index in [2.05, 4.69) is 15.0 Å². The quantitative estimate of drug-likeness (QED) is 0.825. The Morgan fingerprint density at radius 2 is 2.25 bits per heavy atom. The fraction of sp³-hybridized carbons (Fsp3) is 0.615. The lowest BCUT2D eigenvalue weighted by atomic mass is 10.0. The second-order valence-electron chi connectivity index (χ2n) is 4.89. The predicted octanol–water partition coefficient (Wildman–Crippen LogP) is 1.22. The molecule has 6 nitrogen and oxygen atoms in total. The van der Waals surface area contributed by atoms with Crippen molar-refractivity contribution in [1.29, 1.82) is 0 Å². The van der Waals surface area contributed by atoms with Gasteiger partial charge in [-0.3, -0.25) is 0 Å². The molecular weight excluding hydrogens is 278 g/mol. The highest BCUT2D eigenvalue weighted by molar-refractivity contribution is 7.89. The monoisotopic (exact) mass is 299 g/mol. The minimum atomic E-state index is -3.50. The number of ether oxygens (including phenoxy) is 1. The molecule has 2 N–H and O–H groups in total. The first kappa shape index (κ1) is 15.2. The van der Waals surface area contributed by atoms with Crippen molar-refractivity contribution >= 4 is 15.8 Å². The van der Waals surface area contributed by atoms with Crippen LogP contribution in [0.5, 0.6) is 0 Å². The van der Waals surface area contributed by atoms with Crippen molar-refractivity contribution in [2.75, 3.05) is 25.0 Å². The molecule has 1 aliphatic rings. The van der Waals surface area contributed by atoms with Gasteiger partial charge in [0.15, 0.2) is 0 Å². The average molecular weight is 299 g/mol. The molecule has 1 aliphatic heterocycles. The lowest BCUT2D eigenvalue weighted by molar-refractivity contribution is 0.107. The Hall–Kier alpha value is -1.18. The highest BCUT2D eigenvalue weighted by Gasteiger charge is 2.26. The molecule has 0 spiro atoms. The Morgan fingerprint density at radius 1 is 1.45 bits per heavy atom. The van der Waals surface area contributed by atoms with Crippen LogP contribution in [0.4, 0.5) is 5.82 Å². The Labute approximate surface area is 120 Å². The molecule has 0 aromatic carbocycles. The van der Waals surface area contributed by atoms with Gasteiger partial charge in [-0.1, -0.05) is 0 Å². The Bertz CT molecular complexity index is 530. The summed E-state index contributed by atoms with van der Waals surface area (Å²) in [6, 6.07) is 3.22. The summed E-state index contributed by atoms with van der Waals surface area (Å²) in [4.78, 5) is 4.26. The highest BCUT2D eigenvalue weighted by atomic mass is 32.2. The van der Waals surface area contributed by atoms with E-state index in [4.69, 9.17) is 4.74 Å². The van der Waals surface area contributed by atoms with Crippen LogP contribution >= 0.6 is 0 Å². The SMILES string of the molecule is CCNc1ccc(S(=O)(=O)NCC2CCOC2C)cn1. The summed E-state index contributed by atoms with van der Waals surface area (Å²) < 4.78 is 32.4. The number of sulfonamides is 1. The number of nitrogens with zero attached hydrogens (tertiary/aromatic N) is 1. The molecule has 2 rings (SSSR count). The summed E-state index contributed by atoms with van der Waals surface area (Å²) in [6.45, 7) is 5.78. The molecule has 0 bridgehead atoms. The van der Waals surface area contributed by atoms with Crippen LogP contribution in [0, 0.1) is 5.92 Å². The molecule has 2 heterocycles. The fourth-order valence-electron chi connectivity index (χ4n) is 2.17. The molecule has 1 aromatic rings. The predicted molar refractivity (Wildman–Crippen MR) is 77.1 cm³/mol. The lowest BCUT2D eigenvalue weighted by Gasteiger charge is -2.15. The molecule has 0 aliphatic carbocycles. The molecule has 2 unspecified atom stereocenters. The summed E-state index contributed by atoms with van der Waals surface area (Å²) >= 11 is 0. The maximum atomic E-state index is 12.2. The summed E-state index contributed by atoms with van der Waals surface area (Å²) in [5.41, 5.74) is 0. The molecule has 1 saturated heterocycles. The second kappa shape index (κ2) is 6.51. The molecule has 112 valence electrons. The van der Waals surface area contributed by atoms with Gasteiger partial charge in [0.05, 0.1) is 6.10 Å². The number of nitrogens with one attached hydrogen (secondary N) is 2. The first-order valence-electron chi connectivity index (χ1n) is 6.84. The molecule has 0 radical (unpaired) electrons. The highest BCUT2D eigenvalue weighted by Crippen LogP contribution is 2.20. The first-order chi connectivity index (χ1) is 9.53. The van der Waals surface area contributed by atoms with E-state index in [0.29, 0.717) is 19.0 Å². The number of rotatable bonds is 6. The van der Waals surface area contributed by atoms with E-state index in [9.17, 15) is 8.42 Å². The van der Waals surface area contributed by atoms with Gasteiger partial charge >= 0.3 is 0 Å². The second-order valence-corrected chi connectivity index (χ2v) is 6.65. The standard InChI is InChI=1S/C13H21N3O3S/c1-3-14-13-5-4-12(9-15-13)20(17,18)16-8-11-6-7-19-10(11)2/h4-5,9-11,16H,3,6-8H2,1-2H3,(H,14,15). The van der Waals surface area contributed by atoms with Crippen LogP contribution in [0.15, 0.2) is 23.2 Å². The van der Waals surface area contributed by atoms with Crippen LogP contribution in [0.25, 0.3) is 0 Å². The van der Waals surface area contributed by atoms with Crippen molar-refractivity contribution in [2.45, 2.75) is 31.3 Å². The molecule has 2 atom stereocenters. The minimum Gasteiger partial charge on any atom is -0.378 e. The van der Waals surface area contributed by atoms with E-state index in [1.807, 2.05) is 13.8 Å². The Balaban J connectivity index is 1.98. The minimum absolute atomic E-state index is 0.104. The number of anilines is 1. The van der Waals surface area contributed by atoms with Gasteiger partial charge in [0.25, 0.3) is 0 Å². The van der Waals surface area contributed by atoms with E-state index in [1.54, 1.807) is 12.1 Å². The summed E-state index contributed by atoms with van der Waals surface area (Å²) in [6.07, 6.45) is 2.36. The van der Waals surface area contributed by atoms with Crippen LogP contribution in [-0.4, -0.2) is 39.2 Å². The van der Waals surface area contributed by atoms with Gasteiger partial charge in [0.1, 0.15) is 10.7 Å². The van der Waals surface area contributed by atoms with Gasteiger partial charge in [-0.05, 0) is 32.4 Å². The Kier molecular flexibility index (Phi) is 4.95. The van der Waals surface area contributed by atoms with Crippen LogP contribution in [0.2, 0.25) is 0 Å². The van der Waals surface area contributed by atoms with Gasteiger partial charge < -0.3 is 10.1 Å². The summed E-state index contributed by atoms with van der Waals surface area (Å²) in [5, 5.41) is 3.03.